The first kappa shape index (κ1) is 15.4. The van der Waals surface area contributed by atoms with Crippen molar-refractivity contribution >= 4 is 5.97 Å². The summed E-state index contributed by atoms with van der Waals surface area (Å²) in [4.78, 5) is 15.7. The second-order valence-corrected chi connectivity index (χ2v) is 4.15. The molecule has 0 fully saturated rings. The highest BCUT2D eigenvalue weighted by Gasteiger charge is 2.06. The Labute approximate surface area is 99.5 Å². The Hall–Kier alpha value is -0.610. The molecule has 0 aliphatic heterocycles. The van der Waals surface area contributed by atoms with E-state index in [-0.39, 0.29) is 5.97 Å². The number of carbonyl (C=O) groups is 1. The van der Waals surface area contributed by atoms with Crippen LogP contribution in [0.1, 0.15) is 26.7 Å². The molecule has 4 heteroatoms. The third-order valence-electron chi connectivity index (χ3n) is 2.46. The average Bonchev–Trinajstić information content (AvgIpc) is 2.23. The third kappa shape index (κ3) is 8.68. The van der Waals surface area contributed by atoms with Crippen molar-refractivity contribution in [2.45, 2.75) is 26.7 Å². The zero-order chi connectivity index (χ0) is 12.4. The Morgan fingerprint density at radius 1 is 1.12 bits per heavy atom. The van der Waals surface area contributed by atoms with Gasteiger partial charge in [-0.1, -0.05) is 6.92 Å². The molecule has 0 saturated heterocycles. The first-order chi connectivity index (χ1) is 7.60. The van der Waals surface area contributed by atoms with Gasteiger partial charge < -0.3 is 14.5 Å². The van der Waals surface area contributed by atoms with Crippen molar-refractivity contribution in [1.29, 1.82) is 0 Å². The van der Waals surface area contributed by atoms with E-state index >= 15 is 0 Å². The lowest BCUT2D eigenvalue weighted by Gasteiger charge is -2.20. The van der Waals surface area contributed by atoms with E-state index in [0.29, 0.717) is 13.0 Å². The molecule has 0 spiro atoms. The predicted octanol–water partition coefficient (Wildman–Crippen LogP) is 1.21. The maximum absolute atomic E-state index is 11.2. The molecule has 0 rings (SSSR count). The van der Waals surface area contributed by atoms with Crippen LogP contribution in [0.2, 0.25) is 0 Å². The molecule has 16 heavy (non-hydrogen) atoms. The van der Waals surface area contributed by atoms with Crippen LogP contribution in [-0.2, 0) is 9.53 Å². The highest BCUT2D eigenvalue weighted by molar-refractivity contribution is 5.69. The smallest absolute Gasteiger partial charge is 0.307 e. The van der Waals surface area contributed by atoms with E-state index in [1.807, 2.05) is 6.92 Å². The summed E-state index contributed by atoms with van der Waals surface area (Å²) in [6, 6.07) is 0. The lowest BCUT2D eigenvalue weighted by molar-refractivity contribution is -0.143. The number of esters is 1. The summed E-state index contributed by atoms with van der Waals surface area (Å²) in [6.45, 7) is 8.39. The normalized spacial score (nSPS) is 11.1. The van der Waals surface area contributed by atoms with Crippen LogP contribution in [0.15, 0.2) is 0 Å². The van der Waals surface area contributed by atoms with Crippen LogP contribution in [0.3, 0.4) is 0 Å². The number of carbonyl (C=O) groups excluding carboxylic acids is 1. The molecular weight excluding hydrogens is 204 g/mol. The molecule has 0 bridgehead atoms. The third-order valence-corrected chi connectivity index (χ3v) is 2.46. The Kier molecular flexibility index (Phi) is 9.24. The number of hydrogen-bond acceptors (Lipinski definition) is 4. The number of rotatable bonds is 9. The van der Waals surface area contributed by atoms with Crippen LogP contribution in [0.25, 0.3) is 0 Å². The van der Waals surface area contributed by atoms with Crippen molar-refractivity contribution in [3.63, 3.8) is 0 Å². The quantitative estimate of drug-likeness (QED) is 0.557. The van der Waals surface area contributed by atoms with Crippen LogP contribution in [-0.4, -0.2) is 62.7 Å². The molecule has 0 aromatic rings. The van der Waals surface area contributed by atoms with Gasteiger partial charge in [-0.3, -0.25) is 4.79 Å². The van der Waals surface area contributed by atoms with Crippen molar-refractivity contribution in [3.05, 3.63) is 0 Å². The maximum atomic E-state index is 11.2. The Bertz CT molecular complexity index is 184. The molecule has 0 aromatic carbocycles. The fraction of sp³-hybridized carbons (Fsp3) is 0.917. The van der Waals surface area contributed by atoms with Crippen molar-refractivity contribution in [1.82, 2.24) is 9.80 Å². The van der Waals surface area contributed by atoms with Gasteiger partial charge in [0, 0.05) is 6.54 Å². The minimum absolute atomic E-state index is 0.0893. The minimum atomic E-state index is -0.0893. The Morgan fingerprint density at radius 2 is 1.81 bits per heavy atom. The molecule has 0 unspecified atom stereocenters. The van der Waals surface area contributed by atoms with E-state index in [4.69, 9.17) is 4.74 Å². The highest BCUT2D eigenvalue weighted by atomic mass is 16.5. The summed E-state index contributed by atoms with van der Waals surface area (Å²) in [5, 5.41) is 0. The first-order valence-electron chi connectivity index (χ1n) is 6.12. The fourth-order valence-electron chi connectivity index (χ4n) is 1.52. The average molecular weight is 230 g/mol. The maximum Gasteiger partial charge on any atom is 0.307 e. The van der Waals surface area contributed by atoms with Crippen LogP contribution in [0.4, 0.5) is 0 Å². The summed E-state index contributed by atoms with van der Waals surface area (Å²) in [5.41, 5.74) is 0. The summed E-state index contributed by atoms with van der Waals surface area (Å²) >= 11 is 0. The van der Waals surface area contributed by atoms with Gasteiger partial charge in [-0.25, -0.2) is 0 Å². The SMILES string of the molecule is CCOC(=O)CCN(CC)CCCN(C)C. The van der Waals surface area contributed by atoms with Gasteiger partial charge in [0.2, 0.25) is 0 Å². The van der Waals surface area contributed by atoms with E-state index in [0.717, 1.165) is 32.6 Å². The van der Waals surface area contributed by atoms with E-state index < -0.39 is 0 Å². The molecule has 0 amide bonds. The molecular formula is C12H26N2O2. The zero-order valence-electron chi connectivity index (χ0n) is 11.2. The van der Waals surface area contributed by atoms with Gasteiger partial charge in [-0.15, -0.1) is 0 Å². The zero-order valence-corrected chi connectivity index (χ0v) is 11.2. The van der Waals surface area contributed by atoms with Crippen molar-refractivity contribution in [3.8, 4) is 0 Å². The largest absolute Gasteiger partial charge is 0.466 e. The number of nitrogens with zero attached hydrogens (tertiary/aromatic N) is 2. The van der Waals surface area contributed by atoms with E-state index in [1.54, 1.807) is 0 Å². The van der Waals surface area contributed by atoms with Gasteiger partial charge in [-0.2, -0.15) is 0 Å². The van der Waals surface area contributed by atoms with E-state index in [9.17, 15) is 4.79 Å². The van der Waals surface area contributed by atoms with Gasteiger partial charge in [0.15, 0.2) is 0 Å². The second-order valence-electron chi connectivity index (χ2n) is 4.15. The minimum Gasteiger partial charge on any atom is -0.466 e. The van der Waals surface area contributed by atoms with Gasteiger partial charge in [0.1, 0.15) is 0 Å². The van der Waals surface area contributed by atoms with Crippen LogP contribution in [0.5, 0.6) is 0 Å². The monoisotopic (exact) mass is 230 g/mol. The Balaban J connectivity index is 3.62. The summed E-state index contributed by atoms with van der Waals surface area (Å²) in [6.07, 6.45) is 1.65. The van der Waals surface area contributed by atoms with Gasteiger partial charge in [-0.05, 0) is 47.1 Å². The summed E-state index contributed by atoms with van der Waals surface area (Å²) in [5.74, 6) is -0.0893. The molecule has 0 radical (unpaired) electrons. The molecule has 0 saturated carbocycles. The van der Waals surface area contributed by atoms with Crippen LogP contribution < -0.4 is 0 Å². The van der Waals surface area contributed by atoms with Crippen LogP contribution in [0, 0.1) is 0 Å². The first-order valence-corrected chi connectivity index (χ1v) is 6.12. The molecule has 0 N–H and O–H groups in total. The Morgan fingerprint density at radius 3 is 2.31 bits per heavy atom. The molecule has 0 aliphatic carbocycles. The van der Waals surface area contributed by atoms with Crippen LogP contribution >= 0.6 is 0 Å². The topological polar surface area (TPSA) is 32.8 Å². The van der Waals surface area contributed by atoms with Crippen molar-refractivity contribution in [2.24, 2.45) is 0 Å². The standard InChI is InChI=1S/C12H26N2O2/c1-5-14(10-7-9-13(3)4)11-8-12(15)16-6-2/h5-11H2,1-4H3. The molecule has 96 valence electrons. The van der Waals surface area contributed by atoms with Crippen molar-refractivity contribution in [2.75, 3.05) is 46.9 Å². The van der Waals surface area contributed by atoms with E-state index in [1.165, 1.54) is 0 Å². The number of ether oxygens (including phenoxy) is 1. The molecule has 0 heterocycles. The molecule has 0 aromatic heterocycles. The van der Waals surface area contributed by atoms with Gasteiger partial charge >= 0.3 is 5.97 Å². The van der Waals surface area contributed by atoms with Crippen molar-refractivity contribution < 1.29 is 9.53 Å². The molecule has 0 aliphatic rings. The summed E-state index contributed by atoms with van der Waals surface area (Å²) in [7, 11) is 4.16. The van der Waals surface area contributed by atoms with E-state index in [2.05, 4.69) is 30.8 Å². The molecule has 0 atom stereocenters. The van der Waals surface area contributed by atoms with Gasteiger partial charge in [0.25, 0.3) is 0 Å². The fourth-order valence-corrected chi connectivity index (χ4v) is 1.52. The lowest BCUT2D eigenvalue weighted by Crippen LogP contribution is -2.29. The lowest BCUT2D eigenvalue weighted by atomic mass is 10.3. The molecule has 4 nitrogen and oxygen atoms in total. The summed E-state index contributed by atoms with van der Waals surface area (Å²) < 4.78 is 4.91. The highest BCUT2D eigenvalue weighted by Crippen LogP contribution is 1.96. The predicted molar refractivity (Wildman–Crippen MR) is 66.5 cm³/mol. The second kappa shape index (κ2) is 9.60. The van der Waals surface area contributed by atoms with Gasteiger partial charge in [0.05, 0.1) is 13.0 Å². The number of hydrogen-bond donors (Lipinski definition) is 0.